The number of ether oxygens (including phenoxy) is 1. The minimum Gasteiger partial charge on any atom is -0.481 e. The van der Waals surface area contributed by atoms with Crippen LogP contribution in [-0.2, 0) is 19.7 Å². The van der Waals surface area contributed by atoms with Crippen LogP contribution >= 0.6 is 0 Å². The number of aliphatic carboxylic acids is 1. The molecule has 2 aromatic rings. The molecule has 0 amide bonds. The number of azo groups is 1. The van der Waals surface area contributed by atoms with Crippen LogP contribution in [0.5, 0.6) is 5.75 Å². The van der Waals surface area contributed by atoms with Gasteiger partial charge < -0.3 is 9.84 Å². The van der Waals surface area contributed by atoms with Crippen molar-refractivity contribution >= 4 is 32.8 Å². The van der Waals surface area contributed by atoms with Gasteiger partial charge in [-0.25, -0.2) is 22.0 Å². The van der Waals surface area contributed by atoms with E-state index in [4.69, 9.17) is 5.11 Å². The molecule has 2 atom stereocenters. The third kappa shape index (κ3) is 6.46. The van der Waals surface area contributed by atoms with Gasteiger partial charge in [-0.2, -0.15) is 33.6 Å². The average molecular weight is 594 g/mol. The fraction of sp³-hybridized carbons (Fsp3) is 0.364. The Morgan fingerprint density at radius 1 is 0.825 bits per heavy atom. The van der Waals surface area contributed by atoms with E-state index in [1.54, 1.807) is 12.1 Å². The number of benzene rings is 2. The number of carboxylic acid groups (broad SMARTS) is 1. The highest BCUT2D eigenvalue weighted by atomic mass is 32.2. The van der Waals surface area contributed by atoms with Crippen molar-refractivity contribution in [3.05, 3.63) is 34.9 Å². The Hall–Kier alpha value is -4.29. The molecule has 0 saturated heterocycles. The van der Waals surface area contributed by atoms with Gasteiger partial charge in [-0.05, 0) is 26.7 Å². The van der Waals surface area contributed by atoms with Crippen molar-refractivity contribution in [2.24, 2.45) is 10.2 Å². The molecular weight excluding hydrogens is 578 g/mol. The van der Waals surface area contributed by atoms with Gasteiger partial charge in [-0.15, -0.1) is 0 Å². The fourth-order valence-electron chi connectivity index (χ4n) is 3.15. The SMILES string of the molecule is CC(C#N)(CCC(=O)O)N=NC(C)(C#N)CCC(=O)Oc1c(F)c(F)c(S(=O)(=O)O)c2c(F)c(F)c(F)c(F)c12. The number of carbonyl (C=O) groups is 2. The summed E-state index contributed by atoms with van der Waals surface area (Å²) >= 11 is 0. The number of hydrogen-bond donors (Lipinski definition) is 2. The zero-order valence-electron chi connectivity index (χ0n) is 20.2. The van der Waals surface area contributed by atoms with Crippen LogP contribution in [0.25, 0.3) is 10.8 Å². The van der Waals surface area contributed by atoms with E-state index in [1.165, 1.54) is 6.92 Å². The molecule has 0 saturated carbocycles. The Bertz CT molecular complexity index is 1640. The van der Waals surface area contributed by atoms with Gasteiger partial charge in [0.05, 0.1) is 22.9 Å². The summed E-state index contributed by atoms with van der Waals surface area (Å²) in [6.45, 7) is 2.31. The van der Waals surface area contributed by atoms with Gasteiger partial charge in [-0.1, -0.05) is 0 Å². The van der Waals surface area contributed by atoms with Crippen LogP contribution in [0.3, 0.4) is 0 Å². The van der Waals surface area contributed by atoms with E-state index in [0.717, 1.165) is 6.92 Å². The van der Waals surface area contributed by atoms with Crippen molar-refractivity contribution in [3.8, 4) is 17.9 Å². The van der Waals surface area contributed by atoms with Crippen molar-refractivity contribution < 1.29 is 58.7 Å². The van der Waals surface area contributed by atoms with Crippen molar-refractivity contribution in [2.45, 2.75) is 55.5 Å². The maximum absolute atomic E-state index is 14.7. The van der Waals surface area contributed by atoms with Gasteiger partial charge in [0.15, 0.2) is 45.9 Å². The molecule has 2 aromatic carbocycles. The second-order valence-corrected chi connectivity index (χ2v) is 9.96. The first-order valence-corrected chi connectivity index (χ1v) is 12.1. The van der Waals surface area contributed by atoms with Gasteiger partial charge in [0.25, 0.3) is 10.1 Å². The highest BCUT2D eigenvalue weighted by Gasteiger charge is 2.36. The lowest BCUT2D eigenvalue weighted by atomic mass is 9.97. The first-order chi connectivity index (χ1) is 18.3. The van der Waals surface area contributed by atoms with E-state index < -0.39 is 109 Å². The minimum atomic E-state index is -5.93. The van der Waals surface area contributed by atoms with Crippen LogP contribution in [0.15, 0.2) is 15.1 Å². The maximum atomic E-state index is 14.7. The molecular formula is C22H16F6N4O7S. The van der Waals surface area contributed by atoms with Crippen molar-refractivity contribution in [1.29, 1.82) is 10.5 Å². The molecule has 11 nitrogen and oxygen atoms in total. The number of carbonyl (C=O) groups excluding carboxylic acids is 1. The van der Waals surface area contributed by atoms with E-state index in [1.807, 2.05) is 0 Å². The summed E-state index contributed by atoms with van der Waals surface area (Å²) in [4.78, 5) is 20.8. The maximum Gasteiger partial charge on any atom is 0.311 e. The first-order valence-electron chi connectivity index (χ1n) is 10.7. The Morgan fingerprint density at radius 3 is 1.70 bits per heavy atom. The summed E-state index contributed by atoms with van der Waals surface area (Å²) in [5.41, 5.74) is -3.60. The highest BCUT2D eigenvalue weighted by molar-refractivity contribution is 7.86. The first kappa shape index (κ1) is 31.9. The lowest BCUT2D eigenvalue weighted by molar-refractivity contribution is -0.137. The van der Waals surface area contributed by atoms with Gasteiger partial charge in [-0.3, -0.25) is 14.1 Å². The lowest BCUT2D eigenvalue weighted by Gasteiger charge is -2.19. The van der Waals surface area contributed by atoms with Gasteiger partial charge in [0.2, 0.25) is 5.82 Å². The summed E-state index contributed by atoms with van der Waals surface area (Å²) in [5, 5.41) is 30.9. The molecule has 18 heteroatoms. The molecule has 0 fully saturated rings. The minimum absolute atomic E-state index is 0.303. The van der Waals surface area contributed by atoms with Crippen molar-refractivity contribution in [3.63, 3.8) is 0 Å². The zero-order valence-corrected chi connectivity index (χ0v) is 21.0. The molecule has 0 heterocycles. The number of esters is 1. The quantitative estimate of drug-likeness (QED) is 0.0759. The van der Waals surface area contributed by atoms with Gasteiger partial charge in [0.1, 0.15) is 4.90 Å². The summed E-state index contributed by atoms with van der Waals surface area (Å²) in [6.07, 6.45) is -2.34. The second-order valence-electron chi connectivity index (χ2n) is 8.61. The van der Waals surface area contributed by atoms with E-state index in [9.17, 15) is 59.4 Å². The lowest BCUT2D eigenvalue weighted by Crippen LogP contribution is -2.25. The van der Waals surface area contributed by atoms with E-state index in [2.05, 4.69) is 15.0 Å². The third-order valence-electron chi connectivity index (χ3n) is 5.40. The fourth-order valence-corrected chi connectivity index (χ4v) is 3.92. The molecule has 2 unspecified atom stereocenters. The Labute approximate surface area is 221 Å². The van der Waals surface area contributed by atoms with Crippen molar-refractivity contribution in [2.75, 3.05) is 0 Å². The predicted molar refractivity (Wildman–Crippen MR) is 118 cm³/mol. The molecule has 0 spiro atoms. The number of nitrogens with zero attached hydrogens (tertiary/aromatic N) is 4. The topological polar surface area (TPSA) is 190 Å². The van der Waals surface area contributed by atoms with E-state index >= 15 is 0 Å². The Balaban J connectivity index is 2.50. The Kier molecular flexibility index (Phi) is 9.13. The normalized spacial score (nSPS) is 14.8. The molecule has 0 aliphatic rings. The smallest absolute Gasteiger partial charge is 0.311 e. The largest absolute Gasteiger partial charge is 0.481 e. The number of nitriles is 2. The third-order valence-corrected chi connectivity index (χ3v) is 6.30. The molecule has 0 aromatic heterocycles. The molecule has 2 rings (SSSR count). The Morgan fingerprint density at radius 2 is 1.27 bits per heavy atom. The number of carboxylic acids is 1. The van der Waals surface area contributed by atoms with Crippen molar-refractivity contribution in [1.82, 2.24) is 0 Å². The summed E-state index contributed by atoms with van der Waals surface area (Å²) in [6, 6.07) is 3.34. The molecule has 2 N–H and O–H groups in total. The summed E-state index contributed by atoms with van der Waals surface area (Å²) < 4.78 is 123. The summed E-state index contributed by atoms with van der Waals surface area (Å²) in [5.74, 6) is -20.2. The number of hydrogen-bond acceptors (Lipinski definition) is 9. The van der Waals surface area contributed by atoms with Crippen LogP contribution in [0.2, 0.25) is 0 Å². The van der Waals surface area contributed by atoms with Crippen LogP contribution in [-0.4, -0.2) is 41.1 Å². The molecule has 0 aliphatic carbocycles. The molecule has 0 aliphatic heterocycles. The monoisotopic (exact) mass is 594 g/mol. The van der Waals surface area contributed by atoms with Gasteiger partial charge >= 0.3 is 11.9 Å². The predicted octanol–water partition coefficient (Wildman–Crippen LogP) is 4.49. The molecule has 0 radical (unpaired) electrons. The number of halogens is 6. The number of rotatable bonds is 10. The van der Waals surface area contributed by atoms with Crippen LogP contribution in [0.1, 0.15) is 39.5 Å². The van der Waals surface area contributed by atoms with Crippen LogP contribution in [0, 0.1) is 57.6 Å². The standard InChI is InChI=1S/C22H16F6N4O7S/c1-21(7-29,5-3-9(33)34)31-32-22(2,8-30)6-4-10(35)39-19-11-12(14(24)16(26)15(25)13(11)23)20(40(36,37)38)18(28)17(19)27/h3-6H2,1-2H3,(H,33,34)(H,36,37,38). The second kappa shape index (κ2) is 11.4. The zero-order chi connectivity index (χ0) is 30.8. The van der Waals surface area contributed by atoms with Crippen LogP contribution in [0.4, 0.5) is 26.3 Å². The molecule has 214 valence electrons. The molecule has 40 heavy (non-hydrogen) atoms. The van der Waals surface area contributed by atoms with E-state index in [-0.39, 0.29) is 6.42 Å². The van der Waals surface area contributed by atoms with E-state index in [0.29, 0.717) is 0 Å². The van der Waals surface area contributed by atoms with Gasteiger partial charge in [0, 0.05) is 12.8 Å². The highest BCUT2D eigenvalue weighted by Crippen LogP contribution is 2.41. The molecule has 0 bridgehead atoms. The average Bonchev–Trinajstić information content (AvgIpc) is 2.88. The summed E-state index contributed by atoms with van der Waals surface area (Å²) in [7, 11) is -5.93. The van der Waals surface area contributed by atoms with Crippen LogP contribution < -0.4 is 4.74 Å². The number of fused-ring (bicyclic) bond motifs is 1.